The Morgan fingerprint density at radius 2 is 1.05 bits per heavy atom. The molecular weight excluding hydrogens is 944 g/mol. The smallest absolute Gasteiger partial charge is 0.410 e. The van der Waals surface area contributed by atoms with Crippen LogP contribution >= 0.6 is 31.9 Å². The van der Waals surface area contributed by atoms with E-state index in [-0.39, 0.29) is 24.1 Å². The maximum absolute atomic E-state index is 13.1. The molecule has 1 saturated carbocycles. The van der Waals surface area contributed by atoms with Crippen LogP contribution in [-0.2, 0) is 53.5 Å². The summed E-state index contributed by atoms with van der Waals surface area (Å²) in [5, 5.41) is 2.28. The first-order valence-corrected chi connectivity index (χ1v) is 25.5. The highest BCUT2D eigenvalue weighted by atomic mass is 79.9. The molecule has 2 heterocycles. The van der Waals surface area contributed by atoms with E-state index in [0.29, 0.717) is 45.8 Å². The maximum atomic E-state index is 13.1. The van der Waals surface area contributed by atoms with Crippen molar-refractivity contribution >= 4 is 56.0 Å². The van der Waals surface area contributed by atoms with Gasteiger partial charge in [-0.05, 0) is 117 Å². The number of ether oxygens (including phenoxy) is 4. The second-order valence-corrected chi connectivity index (χ2v) is 20.6. The van der Waals surface area contributed by atoms with Gasteiger partial charge in [0.25, 0.3) is 0 Å². The third kappa shape index (κ3) is 18.6. The van der Waals surface area contributed by atoms with Crippen LogP contribution in [0, 0.1) is 13.8 Å². The number of hydrogen-bond donors (Lipinski definition) is 0. The molecule has 2 aromatic carbocycles. The molecule has 0 bridgehead atoms. The molecule has 2 amide bonds. The number of aryl methyl sites for hydroxylation is 2. The van der Waals surface area contributed by atoms with E-state index in [9.17, 15) is 19.2 Å². The minimum atomic E-state index is -0.518. The average Bonchev–Trinajstić information content (AvgIpc) is 3.73. The monoisotopic (exact) mass is 1020 g/mol. The van der Waals surface area contributed by atoms with E-state index < -0.39 is 16.6 Å². The van der Waals surface area contributed by atoms with Crippen LogP contribution in [0.3, 0.4) is 0 Å². The van der Waals surface area contributed by atoms with Gasteiger partial charge in [0, 0.05) is 76.1 Å². The minimum Gasteiger partial charge on any atom is -0.466 e. The van der Waals surface area contributed by atoms with Crippen molar-refractivity contribution in [1.82, 2.24) is 19.6 Å². The molecule has 360 valence electrons. The van der Waals surface area contributed by atoms with Gasteiger partial charge in [-0.3, -0.25) is 19.4 Å². The predicted octanol–water partition coefficient (Wildman–Crippen LogP) is 10.1. The van der Waals surface area contributed by atoms with Crippen LogP contribution in [0.1, 0.15) is 127 Å². The summed E-state index contributed by atoms with van der Waals surface area (Å²) in [6.45, 7) is 27.2. The number of carbonyl (C=O) groups is 4. The molecule has 2 saturated heterocycles. The summed E-state index contributed by atoms with van der Waals surface area (Å²) in [7, 11) is 0. The van der Waals surface area contributed by atoms with Crippen molar-refractivity contribution in [2.45, 2.75) is 144 Å². The number of unbranched alkanes of at least 4 members (excludes halogenated alkanes) is 1. The molecule has 2 aliphatic heterocycles. The van der Waals surface area contributed by atoms with E-state index in [0.717, 1.165) is 97.9 Å². The summed E-state index contributed by atoms with van der Waals surface area (Å²) in [6.07, 6.45) is 6.19. The van der Waals surface area contributed by atoms with Gasteiger partial charge in [0.15, 0.2) is 0 Å². The summed E-state index contributed by atoms with van der Waals surface area (Å²) in [5.74, 6) is -0.270. The fourth-order valence-electron chi connectivity index (χ4n) is 8.05. The molecule has 2 aromatic rings. The normalized spacial score (nSPS) is 16.8. The lowest BCUT2D eigenvalue weighted by Gasteiger charge is -2.37. The number of piperazine rings is 2. The Morgan fingerprint density at radius 1 is 0.609 bits per heavy atom. The Kier molecular flexibility index (Phi) is 23.1. The van der Waals surface area contributed by atoms with Gasteiger partial charge in [-0.15, -0.1) is 0 Å². The van der Waals surface area contributed by atoms with E-state index >= 15 is 0 Å². The highest BCUT2D eigenvalue weighted by Gasteiger charge is 2.45. The van der Waals surface area contributed by atoms with E-state index in [1.807, 2.05) is 62.3 Å². The van der Waals surface area contributed by atoms with Crippen molar-refractivity contribution in [3.63, 3.8) is 0 Å². The van der Waals surface area contributed by atoms with Crippen molar-refractivity contribution < 1.29 is 38.1 Å². The van der Waals surface area contributed by atoms with Crippen molar-refractivity contribution in [2.75, 3.05) is 76.2 Å². The van der Waals surface area contributed by atoms with Crippen molar-refractivity contribution in [3.05, 3.63) is 69.8 Å². The van der Waals surface area contributed by atoms with Crippen molar-refractivity contribution in [2.24, 2.45) is 0 Å². The number of rotatable bonds is 13. The molecule has 64 heavy (non-hydrogen) atoms. The zero-order chi connectivity index (χ0) is 47.5. The minimum absolute atomic E-state index is 0.0749. The zero-order valence-corrected chi connectivity index (χ0v) is 43.8. The van der Waals surface area contributed by atoms with E-state index in [1.54, 1.807) is 9.80 Å². The van der Waals surface area contributed by atoms with Gasteiger partial charge in [0.1, 0.15) is 11.2 Å². The molecule has 0 aromatic heterocycles. The first kappa shape index (κ1) is 55.1. The fraction of sp³-hybridized carbons (Fsp3) is 0.680. The molecule has 14 heteroatoms. The third-order valence-corrected chi connectivity index (χ3v) is 12.4. The Bertz CT molecular complexity index is 1770. The first-order chi connectivity index (χ1) is 30.2. The number of nitrogens with zero attached hydrogens (tertiary/aromatic N) is 4. The molecule has 0 atom stereocenters. The summed E-state index contributed by atoms with van der Waals surface area (Å²) < 4.78 is 21.6. The molecule has 12 nitrogen and oxygen atoms in total. The van der Waals surface area contributed by atoms with Gasteiger partial charge in [0.05, 0.1) is 25.0 Å². The van der Waals surface area contributed by atoms with Gasteiger partial charge in [0.2, 0.25) is 0 Å². The van der Waals surface area contributed by atoms with Crippen LogP contribution in [0.15, 0.2) is 36.4 Å². The van der Waals surface area contributed by atoms with Crippen LogP contribution in [0.4, 0.5) is 9.59 Å². The molecule has 0 spiro atoms. The van der Waals surface area contributed by atoms with Crippen molar-refractivity contribution in [1.29, 1.82) is 0 Å². The number of halogens is 2. The SMILES string of the molecule is BrCCCCBr.CCOC(=O)C1(c2cc(C)ccc2CN2CCN(C(=O)OC(C)(C)C)CC2)CCCC1.CCOC(=O)Cc1cc(C)ccc1CN1CCN(C(=O)OC(C)(C)C)CC1. The Balaban J connectivity index is 0.000000304. The molecular formula is C50H78Br2N4O8. The summed E-state index contributed by atoms with van der Waals surface area (Å²) >= 11 is 6.66. The summed E-state index contributed by atoms with van der Waals surface area (Å²) in [4.78, 5) is 57.7. The van der Waals surface area contributed by atoms with Gasteiger partial charge >= 0.3 is 24.1 Å². The van der Waals surface area contributed by atoms with E-state index in [1.165, 1.54) is 24.0 Å². The molecule has 5 rings (SSSR count). The van der Waals surface area contributed by atoms with Gasteiger partial charge in [-0.25, -0.2) is 9.59 Å². The highest BCUT2D eigenvalue weighted by Crippen LogP contribution is 2.44. The number of amides is 2. The Labute approximate surface area is 401 Å². The topological polar surface area (TPSA) is 118 Å². The molecule has 0 N–H and O–H groups in total. The Hall–Kier alpha value is -3.20. The van der Waals surface area contributed by atoms with Crippen LogP contribution < -0.4 is 0 Å². The number of hydrogen-bond acceptors (Lipinski definition) is 10. The molecule has 0 radical (unpaired) electrons. The maximum Gasteiger partial charge on any atom is 0.410 e. The van der Waals surface area contributed by atoms with Crippen molar-refractivity contribution in [3.8, 4) is 0 Å². The summed E-state index contributed by atoms with van der Waals surface area (Å²) in [5.41, 5.74) is 5.32. The number of benzene rings is 2. The van der Waals surface area contributed by atoms with Crippen LogP contribution in [-0.4, -0.2) is 131 Å². The Morgan fingerprint density at radius 3 is 1.48 bits per heavy atom. The second-order valence-electron chi connectivity index (χ2n) is 19.0. The van der Waals surface area contributed by atoms with Gasteiger partial charge < -0.3 is 28.7 Å². The molecule has 3 fully saturated rings. The standard InChI is InChI=1S/C25H38N2O4.C21H32N2O4.C4H8Br2/c1-6-30-22(28)25(11-7-8-12-25)21-17-19(2)9-10-20(21)18-26-13-15-27(16-14-26)23(29)31-24(3,4)5;1-6-26-19(24)14-18-13-16(2)7-8-17(18)15-22-9-11-23(12-10-22)20(25)27-21(3,4)5;5-3-1-2-4-6/h9-10,17H,6-8,11-16,18H2,1-5H3;7-8,13H,6,9-12,14-15H2,1-5H3;1-4H2. The zero-order valence-electron chi connectivity index (χ0n) is 40.6. The number of esters is 2. The van der Waals surface area contributed by atoms with Crippen LogP contribution in [0.5, 0.6) is 0 Å². The number of alkyl halides is 2. The van der Waals surface area contributed by atoms with Gasteiger partial charge in [-0.1, -0.05) is 92.2 Å². The van der Waals surface area contributed by atoms with Crippen LogP contribution in [0.2, 0.25) is 0 Å². The van der Waals surface area contributed by atoms with E-state index in [2.05, 4.69) is 85.0 Å². The first-order valence-electron chi connectivity index (χ1n) is 23.3. The molecule has 0 unspecified atom stereocenters. The lowest BCUT2D eigenvalue weighted by Crippen LogP contribution is -2.49. The molecule has 1 aliphatic carbocycles. The van der Waals surface area contributed by atoms with Gasteiger partial charge in [-0.2, -0.15) is 0 Å². The molecule has 3 aliphatic rings. The highest BCUT2D eigenvalue weighted by molar-refractivity contribution is 9.09. The van der Waals surface area contributed by atoms with Crippen LogP contribution in [0.25, 0.3) is 0 Å². The summed E-state index contributed by atoms with van der Waals surface area (Å²) in [6, 6.07) is 12.7. The fourth-order valence-corrected chi connectivity index (χ4v) is 8.84. The quantitative estimate of drug-likeness (QED) is 0.0831. The predicted molar refractivity (Wildman–Crippen MR) is 262 cm³/mol. The average molecular weight is 1020 g/mol. The lowest BCUT2D eigenvalue weighted by atomic mass is 9.76. The number of carbonyl (C=O) groups excluding carboxylic acids is 4. The lowest BCUT2D eigenvalue weighted by molar-refractivity contribution is -0.150. The second kappa shape index (κ2) is 26.8. The largest absolute Gasteiger partial charge is 0.466 e. The van der Waals surface area contributed by atoms with E-state index in [4.69, 9.17) is 18.9 Å². The third-order valence-electron chi connectivity index (χ3n) is 11.3.